The summed E-state index contributed by atoms with van der Waals surface area (Å²) < 4.78 is 37.6. The average molecular weight is 368 g/mol. The molecule has 0 fully saturated rings. The topological polar surface area (TPSA) is 12.0 Å². The summed E-state index contributed by atoms with van der Waals surface area (Å²) in [6, 6.07) is 3.41. The maximum atomic E-state index is 12.5. The van der Waals surface area contributed by atoms with E-state index in [1.54, 1.807) is 0 Å². The molecule has 1 nitrogen and oxygen atoms in total. The summed E-state index contributed by atoms with van der Waals surface area (Å²) in [5, 5.41) is 3.20. The number of benzene rings is 1. The van der Waals surface area contributed by atoms with E-state index in [4.69, 9.17) is 11.6 Å². The van der Waals surface area contributed by atoms with Crippen LogP contribution in [0.3, 0.4) is 0 Å². The number of alkyl halides is 3. The molecule has 0 aromatic heterocycles. The summed E-state index contributed by atoms with van der Waals surface area (Å²) in [4.78, 5) is 0. The molecule has 6 heteroatoms. The molecular weight excluding hydrogens is 343 g/mol. The third-order valence-corrected chi connectivity index (χ3v) is 4.88. The molecule has 0 unspecified atom stereocenters. The Bertz CT molecular complexity index is 452. The van der Waals surface area contributed by atoms with Crippen molar-refractivity contribution < 1.29 is 13.2 Å². The smallest absolute Gasteiger partial charge is 0.383 e. The first-order valence-electron chi connectivity index (χ1n) is 8.13. The number of anilines is 1. The van der Waals surface area contributed by atoms with E-state index in [0.717, 1.165) is 23.6 Å². The Hall–Kier alpha value is -0.550. The van der Waals surface area contributed by atoms with E-state index in [-0.39, 0.29) is 5.02 Å². The van der Waals surface area contributed by atoms with Crippen molar-refractivity contribution in [1.82, 2.24) is 0 Å². The van der Waals surface area contributed by atoms with Gasteiger partial charge in [0.15, 0.2) is 0 Å². The van der Waals surface area contributed by atoms with Crippen molar-refractivity contribution in [3.05, 3.63) is 28.8 Å². The molecule has 1 N–H and O–H groups in total. The highest BCUT2D eigenvalue weighted by atomic mass is 35.5. The number of thioether (sulfide) groups is 1. The maximum Gasteiger partial charge on any atom is 0.416 e. The van der Waals surface area contributed by atoms with Crippen molar-refractivity contribution in [2.24, 2.45) is 0 Å². The molecule has 0 aliphatic rings. The number of hydrogen-bond donors (Lipinski definition) is 1. The zero-order valence-corrected chi connectivity index (χ0v) is 15.1. The highest BCUT2D eigenvalue weighted by Gasteiger charge is 2.30. The molecule has 0 aliphatic heterocycles. The molecule has 0 radical (unpaired) electrons. The van der Waals surface area contributed by atoms with E-state index in [0.29, 0.717) is 12.2 Å². The lowest BCUT2D eigenvalue weighted by atomic mass is 10.1. The number of rotatable bonds is 11. The third-order valence-electron chi connectivity index (χ3n) is 3.50. The summed E-state index contributed by atoms with van der Waals surface area (Å²) in [6.07, 6.45) is 3.40. The second-order valence-electron chi connectivity index (χ2n) is 5.50. The molecule has 1 aromatic carbocycles. The van der Waals surface area contributed by atoms with Gasteiger partial charge in [-0.15, -0.1) is 0 Å². The summed E-state index contributed by atoms with van der Waals surface area (Å²) in [5.41, 5.74) is -0.162. The first-order valence-corrected chi connectivity index (χ1v) is 9.66. The van der Waals surface area contributed by atoms with Crippen LogP contribution in [0.25, 0.3) is 0 Å². The first kappa shape index (κ1) is 20.5. The highest BCUT2D eigenvalue weighted by molar-refractivity contribution is 7.99. The molecule has 0 heterocycles. The van der Waals surface area contributed by atoms with E-state index >= 15 is 0 Å². The van der Waals surface area contributed by atoms with Crippen molar-refractivity contribution in [2.45, 2.75) is 51.6 Å². The Balaban J connectivity index is 2.14. The fraction of sp³-hybridized carbons (Fsp3) is 0.647. The van der Waals surface area contributed by atoms with Crippen molar-refractivity contribution in [2.75, 3.05) is 23.4 Å². The molecule has 0 saturated carbocycles. The Morgan fingerprint density at radius 2 is 1.74 bits per heavy atom. The molecule has 0 aliphatic carbocycles. The second kappa shape index (κ2) is 11.1. The molecular formula is C17H25ClF3NS. The Morgan fingerprint density at radius 1 is 1.04 bits per heavy atom. The fourth-order valence-corrected chi connectivity index (χ4v) is 3.29. The lowest BCUT2D eigenvalue weighted by molar-refractivity contribution is -0.137. The molecule has 0 spiro atoms. The van der Waals surface area contributed by atoms with Gasteiger partial charge in [-0.05, 0) is 30.4 Å². The minimum atomic E-state index is -4.35. The van der Waals surface area contributed by atoms with Gasteiger partial charge in [-0.2, -0.15) is 24.9 Å². The molecule has 0 amide bonds. The standard InChI is InChI=1S/C17H25ClF3NS/c1-2-3-4-5-6-7-11-23-12-10-22-16-9-8-14(13-15(16)18)17(19,20)21/h8-9,13,22H,2-7,10-12H2,1H3. The Labute approximate surface area is 146 Å². The van der Waals surface area contributed by atoms with E-state index < -0.39 is 11.7 Å². The predicted molar refractivity (Wildman–Crippen MR) is 95.6 cm³/mol. The number of unbranched alkanes of at least 4 members (excludes halogenated alkanes) is 5. The highest BCUT2D eigenvalue weighted by Crippen LogP contribution is 2.33. The van der Waals surface area contributed by atoms with Crippen molar-refractivity contribution >= 4 is 29.1 Å². The number of hydrogen-bond acceptors (Lipinski definition) is 2. The molecule has 0 saturated heterocycles. The minimum absolute atomic E-state index is 0.112. The van der Waals surface area contributed by atoms with Gasteiger partial charge < -0.3 is 5.32 Å². The molecule has 1 rings (SSSR count). The number of nitrogens with one attached hydrogen (secondary N) is 1. The lowest BCUT2D eigenvalue weighted by Gasteiger charge is -2.11. The van der Waals surface area contributed by atoms with Gasteiger partial charge in [0.2, 0.25) is 0 Å². The van der Waals surface area contributed by atoms with Crippen molar-refractivity contribution in [3.63, 3.8) is 0 Å². The number of halogens is 4. The van der Waals surface area contributed by atoms with Gasteiger partial charge in [-0.1, -0.05) is 50.6 Å². The summed E-state index contributed by atoms with van der Waals surface area (Å²) in [5.74, 6) is 2.06. The second-order valence-corrected chi connectivity index (χ2v) is 7.13. The van der Waals surface area contributed by atoms with Gasteiger partial charge in [0.05, 0.1) is 16.3 Å². The van der Waals surface area contributed by atoms with Crippen molar-refractivity contribution in [1.29, 1.82) is 0 Å². The van der Waals surface area contributed by atoms with Gasteiger partial charge in [-0.25, -0.2) is 0 Å². The molecule has 132 valence electrons. The zero-order valence-electron chi connectivity index (χ0n) is 13.5. The van der Waals surface area contributed by atoms with Crippen LogP contribution < -0.4 is 5.32 Å². The lowest BCUT2D eigenvalue weighted by Crippen LogP contribution is -2.08. The predicted octanol–water partition coefficient (Wildman–Crippen LogP) is 6.86. The Kier molecular flexibility index (Phi) is 9.88. The van der Waals surface area contributed by atoms with Crippen LogP contribution >= 0.6 is 23.4 Å². The van der Waals surface area contributed by atoms with Gasteiger partial charge in [0.1, 0.15) is 0 Å². The zero-order chi connectivity index (χ0) is 17.1. The van der Waals surface area contributed by atoms with Gasteiger partial charge in [0.25, 0.3) is 0 Å². The molecule has 0 atom stereocenters. The van der Waals surface area contributed by atoms with E-state index in [9.17, 15) is 13.2 Å². The van der Waals surface area contributed by atoms with Crippen LogP contribution in [0.2, 0.25) is 5.02 Å². The first-order chi connectivity index (χ1) is 10.9. The maximum absolute atomic E-state index is 12.5. The minimum Gasteiger partial charge on any atom is -0.383 e. The van der Waals surface area contributed by atoms with Crippen LogP contribution in [0.5, 0.6) is 0 Å². The largest absolute Gasteiger partial charge is 0.416 e. The summed E-state index contributed by atoms with van der Waals surface area (Å²) in [6.45, 7) is 2.91. The normalized spacial score (nSPS) is 11.7. The quantitative estimate of drug-likeness (QED) is 0.428. The van der Waals surface area contributed by atoms with Crippen LogP contribution in [0.1, 0.15) is 51.0 Å². The van der Waals surface area contributed by atoms with Crippen LogP contribution in [0.15, 0.2) is 18.2 Å². The fourth-order valence-electron chi connectivity index (χ4n) is 2.18. The molecule has 23 heavy (non-hydrogen) atoms. The van der Waals surface area contributed by atoms with Crippen molar-refractivity contribution in [3.8, 4) is 0 Å². The van der Waals surface area contributed by atoms with E-state index in [2.05, 4.69) is 12.2 Å². The molecule has 1 aromatic rings. The van der Waals surface area contributed by atoms with Crippen LogP contribution in [-0.2, 0) is 6.18 Å². The van der Waals surface area contributed by atoms with Gasteiger partial charge in [0, 0.05) is 12.3 Å². The Morgan fingerprint density at radius 3 is 2.39 bits per heavy atom. The summed E-state index contributed by atoms with van der Waals surface area (Å²) >= 11 is 7.75. The van der Waals surface area contributed by atoms with Gasteiger partial charge >= 0.3 is 6.18 Å². The monoisotopic (exact) mass is 367 g/mol. The summed E-state index contributed by atoms with van der Waals surface area (Å²) in [7, 11) is 0. The molecule has 0 bridgehead atoms. The van der Waals surface area contributed by atoms with Gasteiger partial charge in [-0.3, -0.25) is 0 Å². The van der Waals surface area contributed by atoms with Crippen LogP contribution in [0.4, 0.5) is 18.9 Å². The van der Waals surface area contributed by atoms with Crippen LogP contribution in [-0.4, -0.2) is 18.1 Å². The van der Waals surface area contributed by atoms with E-state index in [1.165, 1.54) is 44.6 Å². The van der Waals surface area contributed by atoms with Crippen LogP contribution in [0, 0.1) is 0 Å². The average Bonchev–Trinajstić information content (AvgIpc) is 2.49. The third kappa shape index (κ3) is 8.75. The SMILES string of the molecule is CCCCCCCCSCCNc1ccc(C(F)(F)F)cc1Cl. The van der Waals surface area contributed by atoms with E-state index in [1.807, 2.05) is 11.8 Å².